The van der Waals surface area contributed by atoms with Crippen LogP contribution in [0.1, 0.15) is 38.0 Å². The van der Waals surface area contributed by atoms with Gasteiger partial charge in [-0.2, -0.15) is 0 Å². The summed E-state index contributed by atoms with van der Waals surface area (Å²) in [6.07, 6.45) is 4.07. The summed E-state index contributed by atoms with van der Waals surface area (Å²) in [5, 5.41) is 6.25. The Morgan fingerprint density at radius 2 is 2.07 bits per heavy atom. The van der Waals surface area contributed by atoms with Gasteiger partial charge < -0.3 is 0 Å². The fourth-order valence-corrected chi connectivity index (χ4v) is 7.14. The van der Waals surface area contributed by atoms with Crippen LogP contribution in [0.15, 0.2) is 30.3 Å². The average Bonchev–Trinajstić information content (AvgIpc) is 3.13. The van der Waals surface area contributed by atoms with E-state index in [1.54, 1.807) is 6.07 Å². The van der Waals surface area contributed by atoms with Crippen LogP contribution in [-0.4, -0.2) is 43.3 Å². The predicted molar refractivity (Wildman–Crippen MR) is 117 cm³/mol. The van der Waals surface area contributed by atoms with Crippen LogP contribution in [-0.2, 0) is 11.2 Å². The molecule has 0 bridgehead atoms. The standard InChI is InChI=1S/C21H22FN2O2.2CH3.Sn/c1-3-14-11-20(25-2)18(22)12-17(14)15-7-8-16-13-23-24(19(16)10-15)21-6-4-5-9-26-21;;;/h7-8,10-12,21H,3-6,9H2,1-2H3;2*1H3;. The first-order valence-corrected chi connectivity index (χ1v) is 17.5. The second-order valence-corrected chi connectivity index (χ2v) is 14.9. The monoisotopic (exact) mass is 503 g/mol. The molecule has 0 spiro atoms. The van der Waals surface area contributed by atoms with Crippen LogP contribution in [0, 0.1) is 5.82 Å². The van der Waals surface area contributed by atoms with Gasteiger partial charge in [0, 0.05) is 0 Å². The van der Waals surface area contributed by atoms with E-state index in [1.165, 1.54) is 16.2 Å². The number of fused-ring (bicyclic) bond motifs is 1. The van der Waals surface area contributed by atoms with Crippen molar-refractivity contribution in [1.82, 2.24) is 9.78 Å². The number of hydrogen-bond acceptors (Lipinski definition) is 3. The first-order valence-electron chi connectivity index (χ1n) is 10.3. The Hall–Kier alpha value is -1.60. The van der Waals surface area contributed by atoms with Gasteiger partial charge in [0.05, 0.1) is 0 Å². The number of halogens is 1. The minimum absolute atomic E-state index is 0.00349. The van der Waals surface area contributed by atoms with Gasteiger partial charge in [0.2, 0.25) is 0 Å². The Balaban J connectivity index is 1.88. The molecule has 2 aromatic carbocycles. The third-order valence-electron chi connectivity index (χ3n) is 5.68. The molecule has 1 aliphatic heterocycles. The maximum atomic E-state index is 14.5. The van der Waals surface area contributed by atoms with E-state index in [9.17, 15) is 4.39 Å². The fraction of sp³-hybridized carbons (Fsp3) is 0.435. The van der Waals surface area contributed by atoms with Crippen molar-refractivity contribution < 1.29 is 13.9 Å². The molecule has 3 aromatic rings. The molecule has 0 saturated carbocycles. The van der Waals surface area contributed by atoms with Crippen LogP contribution < -0.4 is 8.45 Å². The molecule has 0 N–H and O–H groups in total. The van der Waals surface area contributed by atoms with E-state index in [-0.39, 0.29) is 12.0 Å². The van der Waals surface area contributed by atoms with Crippen molar-refractivity contribution in [3.05, 3.63) is 41.7 Å². The molecule has 2 heterocycles. The van der Waals surface area contributed by atoms with Crippen LogP contribution in [0.2, 0.25) is 9.88 Å². The number of nitrogens with zero attached hydrogens (tertiary/aromatic N) is 2. The first-order chi connectivity index (χ1) is 14.0. The zero-order chi connectivity index (χ0) is 20.5. The van der Waals surface area contributed by atoms with Crippen LogP contribution >= 0.6 is 0 Å². The Bertz CT molecular complexity index is 1030. The number of aryl methyl sites for hydroxylation is 1. The third kappa shape index (κ3) is 3.91. The molecule has 1 radical (unpaired) electrons. The van der Waals surface area contributed by atoms with E-state index in [1.807, 2.05) is 6.07 Å². The second-order valence-electron chi connectivity index (χ2n) is 7.84. The fourth-order valence-electron chi connectivity index (χ4n) is 4.12. The van der Waals surface area contributed by atoms with E-state index in [2.05, 4.69) is 39.7 Å². The number of benzene rings is 2. The summed E-state index contributed by atoms with van der Waals surface area (Å²) in [6, 6.07) is 9.84. The van der Waals surface area contributed by atoms with Gasteiger partial charge in [0.15, 0.2) is 0 Å². The predicted octanol–water partition coefficient (Wildman–Crippen LogP) is 5.07. The molecule has 29 heavy (non-hydrogen) atoms. The molecule has 4 nitrogen and oxygen atoms in total. The van der Waals surface area contributed by atoms with E-state index in [0.717, 1.165) is 54.5 Å². The summed E-state index contributed by atoms with van der Waals surface area (Å²) in [7, 11) is 1.51. The molecule has 1 saturated heterocycles. The molecule has 4 rings (SSSR count). The summed E-state index contributed by atoms with van der Waals surface area (Å²) in [4.78, 5) is 4.72. The molecule has 6 heteroatoms. The molecular weight excluding hydrogens is 474 g/mol. The number of rotatable bonds is 5. The summed E-state index contributed by atoms with van der Waals surface area (Å²) in [5.74, 6) is -0.0369. The van der Waals surface area contributed by atoms with Gasteiger partial charge in [-0.3, -0.25) is 0 Å². The van der Waals surface area contributed by atoms with Crippen molar-refractivity contribution in [2.75, 3.05) is 13.7 Å². The van der Waals surface area contributed by atoms with Crippen molar-refractivity contribution in [3.63, 3.8) is 0 Å². The topological polar surface area (TPSA) is 36.3 Å². The SMILES string of the molecule is CCc1cc(OC)c(F)cc1-c1ccc2[c]([Sn]([CH3])[CH3])nn(C3CCCCO3)c2c1. The maximum absolute atomic E-state index is 14.5. The van der Waals surface area contributed by atoms with Gasteiger partial charge in [-0.1, -0.05) is 0 Å². The molecule has 1 fully saturated rings. The van der Waals surface area contributed by atoms with Crippen LogP contribution in [0.4, 0.5) is 4.39 Å². The van der Waals surface area contributed by atoms with Gasteiger partial charge in [-0.05, 0) is 0 Å². The zero-order valence-electron chi connectivity index (χ0n) is 17.6. The second kappa shape index (κ2) is 8.64. The van der Waals surface area contributed by atoms with Crippen molar-refractivity contribution in [2.45, 2.75) is 48.7 Å². The van der Waals surface area contributed by atoms with Crippen molar-refractivity contribution in [1.29, 1.82) is 0 Å². The molecule has 1 atom stereocenters. The number of aromatic nitrogens is 2. The normalized spacial score (nSPS) is 17.2. The minimum atomic E-state index is -1.69. The first kappa shape index (κ1) is 20.7. The molecule has 0 aliphatic carbocycles. The van der Waals surface area contributed by atoms with Gasteiger partial charge in [-0.15, -0.1) is 0 Å². The summed E-state index contributed by atoms with van der Waals surface area (Å²) >= 11 is -1.69. The van der Waals surface area contributed by atoms with Gasteiger partial charge in [-0.25, -0.2) is 0 Å². The average molecular weight is 502 g/mol. The van der Waals surface area contributed by atoms with Crippen LogP contribution in [0.3, 0.4) is 0 Å². The number of ether oxygens (including phenoxy) is 2. The Labute approximate surface area is 178 Å². The number of hydrogen-bond donors (Lipinski definition) is 0. The van der Waals surface area contributed by atoms with E-state index >= 15 is 0 Å². The molecule has 1 unspecified atom stereocenters. The van der Waals surface area contributed by atoms with Gasteiger partial charge >= 0.3 is 179 Å². The Morgan fingerprint density at radius 3 is 2.72 bits per heavy atom. The van der Waals surface area contributed by atoms with Crippen molar-refractivity contribution in [3.8, 4) is 16.9 Å². The van der Waals surface area contributed by atoms with E-state index in [0.29, 0.717) is 5.75 Å². The third-order valence-corrected chi connectivity index (χ3v) is 9.44. The van der Waals surface area contributed by atoms with Crippen molar-refractivity contribution in [2.24, 2.45) is 0 Å². The zero-order valence-corrected chi connectivity index (χ0v) is 20.4. The molecular formula is C23H28FN2O2Sn. The Morgan fingerprint density at radius 1 is 1.24 bits per heavy atom. The summed E-state index contributed by atoms with van der Waals surface area (Å²) in [6.45, 7) is 2.87. The van der Waals surface area contributed by atoms with Gasteiger partial charge in [0.25, 0.3) is 0 Å². The number of methoxy groups -OCH3 is 1. The molecule has 1 aliphatic rings. The summed E-state index contributed by atoms with van der Waals surface area (Å²) < 4.78 is 29.1. The molecule has 0 amide bonds. The van der Waals surface area contributed by atoms with Crippen LogP contribution in [0.5, 0.6) is 5.75 Å². The molecule has 153 valence electrons. The van der Waals surface area contributed by atoms with Gasteiger partial charge in [0.1, 0.15) is 0 Å². The Kier molecular flexibility index (Phi) is 6.16. The van der Waals surface area contributed by atoms with Crippen molar-refractivity contribution >= 4 is 34.4 Å². The van der Waals surface area contributed by atoms with Crippen LogP contribution in [0.25, 0.3) is 22.0 Å². The van der Waals surface area contributed by atoms with E-state index in [4.69, 9.17) is 14.6 Å². The van der Waals surface area contributed by atoms with E-state index < -0.39 is 19.8 Å². The quantitative estimate of drug-likeness (QED) is 0.458. The summed E-state index contributed by atoms with van der Waals surface area (Å²) in [5.41, 5.74) is 4.10. The molecule has 1 aromatic heterocycles.